The first-order chi connectivity index (χ1) is 11.6. The van der Waals surface area contributed by atoms with Crippen molar-refractivity contribution in [3.63, 3.8) is 0 Å². The van der Waals surface area contributed by atoms with Crippen LogP contribution in [-0.2, 0) is 18.4 Å². The lowest BCUT2D eigenvalue weighted by atomic mass is 10.3. The zero-order valence-corrected chi connectivity index (χ0v) is 17.7. The van der Waals surface area contributed by atoms with Crippen molar-refractivity contribution in [2.45, 2.75) is 13.5 Å². The van der Waals surface area contributed by atoms with Crippen LogP contribution in [0.2, 0.25) is 0 Å². The van der Waals surface area contributed by atoms with Crippen LogP contribution in [0.4, 0.5) is 5.69 Å². The molecule has 3 heterocycles. The summed E-state index contributed by atoms with van der Waals surface area (Å²) in [5.74, 6) is 0.824. The van der Waals surface area contributed by atoms with Crippen LogP contribution in [0, 0.1) is 6.92 Å². The Kier molecular flexibility index (Phi) is 6.82. The van der Waals surface area contributed by atoms with Crippen molar-refractivity contribution < 1.29 is 4.79 Å². The number of aliphatic imine (C=N–C) groups is 1. The van der Waals surface area contributed by atoms with Gasteiger partial charge in [-0.1, -0.05) is 0 Å². The highest BCUT2D eigenvalue weighted by Crippen LogP contribution is 2.17. The summed E-state index contributed by atoms with van der Waals surface area (Å²) in [7, 11) is 3.60. The van der Waals surface area contributed by atoms with Gasteiger partial charge < -0.3 is 15.1 Å². The molecule has 1 saturated heterocycles. The van der Waals surface area contributed by atoms with Crippen molar-refractivity contribution in [2.24, 2.45) is 12.0 Å². The van der Waals surface area contributed by atoms with Gasteiger partial charge in [-0.25, -0.2) is 0 Å². The highest BCUT2D eigenvalue weighted by molar-refractivity contribution is 14.0. The van der Waals surface area contributed by atoms with Gasteiger partial charge in [0, 0.05) is 43.1 Å². The third-order valence-electron chi connectivity index (χ3n) is 3.95. The summed E-state index contributed by atoms with van der Waals surface area (Å²) < 4.78 is 1.71. The number of aromatic nitrogens is 2. The summed E-state index contributed by atoms with van der Waals surface area (Å²) >= 11 is 1.77. The van der Waals surface area contributed by atoms with Crippen LogP contribution >= 0.6 is 35.3 Å². The van der Waals surface area contributed by atoms with E-state index < -0.39 is 0 Å². The molecule has 0 spiro atoms. The lowest BCUT2D eigenvalue weighted by Gasteiger charge is -2.35. The number of thiophene rings is 1. The second-order valence-electron chi connectivity index (χ2n) is 5.75. The Morgan fingerprint density at radius 1 is 1.40 bits per heavy atom. The van der Waals surface area contributed by atoms with E-state index >= 15 is 0 Å². The molecule has 7 nitrogen and oxygen atoms in total. The first kappa shape index (κ1) is 19.7. The van der Waals surface area contributed by atoms with E-state index in [0.29, 0.717) is 13.1 Å². The molecule has 1 amide bonds. The number of aryl methyl sites for hydroxylation is 2. The Balaban J connectivity index is 0.00000225. The molecule has 3 rings (SSSR count). The summed E-state index contributed by atoms with van der Waals surface area (Å²) in [6, 6.07) is 4.23. The van der Waals surface area contributed by atoms with E-state index in [-0.39, 0.29) is 29.9 Å². The first-order valence-corrected chi connectivity index (χ1v) is 8.68. The number of anilines is 1. The van der Waals surface area contributed by atoms with Crippen molar-refractivity contribution in [3.8, 4) is 0 Å². The standard InChI is InChI=1S/C16H22N6OS.HI/c1-12-4-5-14(24-12)9-18-16(17-2)21-6-7-22(15(23)11-21)13-8-19-20(3)10-13;/h4-5,8,10H,6-7,9,11H2,1-3H3,(H,17,18);1H. The molecule has 1 aliphatic heterocycles. The van der Waals surface area contributed by atoms with Gasteiger partial charge in [-0.2, -0.15) is 5.10 Å². The fourth-order valence-corrected chi connectivity index (χ4v) is 3.58. The number of carbonyl (C=O) groups is 1. The number of amides is 1. The number of nitrogens with one attached hydrogen (secondary N) is 1. The average Bonchev–Trinajstić information content (AvgIpc) is 3.16. The van der Waals surface area contributed by atoms with E-state index in [2.05, 4.69) is 34.5 Å². The summed E-state index contributed by atoms with van der Waals surface area (Å²) in [6.07, 6.45) is 3.58. The summed E-state index contributed by atoms with van der Waals surface area (Å²) in [5.41, 5.74) is 0.846. The van der Waals surface area contributed by atoms with E-state index in [4.69, 9.17) is 0 Å². The maximum atomic E-state index is 12.5. The second-order valence-corrected chi connectivity index (χ2v) is 7.12. The number of piperazine rings is 1. The molecule has 0 bridgehead atoms. The molecule has 0 atom stereocenters. The van der Waals surface area contributed by atoms with Crippen LogP contribution in [-0.4, -0.2) is 53.2 Å². The van der Waals surface area contributed by atoms with Crippen molar-refractivity contribution in [2.75, 3.05) is 31.6 Å². The average molecular weight is 474 g/mol. The number of hydrogen-bond acceptors (Lipinski definition) is 4. The molecule has 1 aliphatic rings. The van der Waals surface area contributed by atoms with Gasteiger partial charge >= 0.3 is 0 Å². The normalized spacial score (nSPS) is 15.3. The molecule has 0 aliphatic carbocycles. The number of guanidine groups is 1. The molecular weight excluding hydrogens is 451 g/mol. The molecular formula is C16H23IN6OS. The third-order valence-corrected chi connectivity index (χ3v) is 4.95. The second kappa shape index (κ2) is 8.65. The van der Waals surface area contributed by atoms with Crippen molar-refractivity contribution in [3.05, 3.63) is 34.3 Å². The minimum absolute atomic E-state index is 0. The third kappa shape index (κ3) is 4.72. The first-order valence-electron chi connectivity index (χ1n) is 7.87. The fraction of sp³-hybridized carbons (Fsp3) is 0.438. The smallest absolute Gasteiger partial charge is 0.246 e. The Hall–Kier alpha value is -1.62. The fourth-order valence-electron chi connectivity index (χ4n) is 2.75. The Morgan fingerprint density at radius 2 is 2.20 bits per heavy atom. The highest BCUT2D eigenvalue weighted by Gasteiger charge is 2.27. The lowest BCUT2D eigenvalue weighted by molar-refractivity contribution is -0.120. The highest BCUT2D eigenvalue weighted by atomic mass is 127. The van der Waals surface area contributed by atoms with E-state index in [1.807, 2.05) is 18.1 Å². The number of hydrogen-bond donors (Lipinski definition) is 1. The van der Waals surface area contributed by atoms with Gasteiger partial charge in [-0.05, 0) is 19.1 Å². The summed E-state index contributed by atoms with van der Waals surface area (Å²) in [6.45, 7) is 4.51. The maximum Gasteiger partial charge on any atom is 0.246 e. The Morgan fingerprint density at radius 3 is 2.76 bits per heavy atom. The predicted molar refractivity (Wildman–Crippen MR) is 112 cm³/mol. The van der Waals surface area contributed by atoms with Crippen molar-refractivity contribution >= 4 is 52.9 Å². The monoisotopic (exact) mass is 474 g/mol. The minimum atomic E-state index is 0. The van der Waals surface area contributed by atoms with Crippen LogP contribution in [0.25, 0.3) is 0 Å². The Labute approximate surface area is 168 Å². The lowest BCUT2D eigenvalue weighted by Crippen LogP contribution is -2.55. The molecule has 1 fully saturated rings. The SMILES string of the molecule is CN=C(NCc1ccc(C)s1)N1CCN(c2cnn(C)c2)C(=O)C1.I. The van der Waals surface area contributed by atoms with Gasteiger partial charge in [0.05, 0.1) is 18.4 Å². The molecule has 136 valence electrons. The molecule has 0 unspecified atom stereocenters. The van der Waals surface area contributed by atoms with Crippen molar-refractivity contribution in [1.29, 1.82) is 0 Å². The van der Waals surface area contributed by atoms with Crippen LogP contribution in [0.1, 0.15) is 9.75 Å². The molecule has 25 heavy (non-hydrogen) atoms. The number of halogens is 1. The van der Waals surface area contributed by atoms with Crippen LogP contribution in [0.3, 0.4) is 0 Å². The van der Waals surface area contributed by atoms with E-state index in [1.54, 1.807) is 34.2 Å². The van der Waals surface area contributed by atoms with E-state index in [9.17, 15) is 4.79 Å². The zero-order chi connectivity index (χ0) is 17.1. The molecule has 0 saturated carbocycles. The van der Waals surface area contributed by atoms with E-state index in [1.165, 1.54) is 9.75 Å². The predicted octanol–water partition coefficient (Wildman–Crippen LogP) is 1.83. The molecule has 1 N–H and O–H groups in total. The summed E-state index contributed by atoms with van der Waals surface area (Å²) in [5, 5.41) is 7.48. The number of nitrogens with zero attached hydrogens (tertiary/aromatic N) is 5. The quantitative estimate of drug-likeness (QED) is 0.419. The largest absolute Gasteiger partial charge is 0.351 e. The molecule has 2 aromatic heterocycles. The molecule has 0 radical (unpaired) electrons. The molecule has 0 aromatic carbocycles. The number of carbonyl (C=O) groups excluding carboxylic acids is 1. The topological polar surface area (TPSA) is 65.8 Å². The van der Waals surface area contributed by atoms with E-state index in [0.717, 1.165) is 24.7 Å². The van der Waals surface area contributed by atoms with Gasteiger partial charge in [0.15, 0.2) is 5.96 Å². The van der Waals surface area contributed by atoms with Gasteiger partial charge in [-0.15, -0.1) is 35.3 Å². The Bertz CT molecular complexity index is 755. The van der Waals surface area contributed by atoms with Crippen LogP contribution in [0.15, 0.2) is 29.5 Å². The maximum absolute atomic E-state index is 12.5. The summed E-state index contributed by atoms with van der Waals surface area (Å²) in [4.78, 5) is 23.1. The molecule has 9 heteroatoms. The van der Waals surface area contributed by atoms with Gasteiger partial charge in [0.1, 0.15) is 6.54 Å². The molecule has 2 aromatic rings. The van der Waals surface area contributed by atoms with Crippen LogP contribution in [0.5, 0.6) is 0 Å². The van der Waals surface area contributed by atoms with Crippen molar-refractivity contribution in [1.82, 2.24) is 20.0 Å². The van der Waals surface area contributed by atoms with Gasteiger partial charge in [-0.3, -0.25) is 14.5 Å². The van der Waals surface area contributed by atoms with Gasteiger partial charge in [0.25, 0.3) is 0 Å². The van der Waals surface area contributed by atoms with Crippen LogP contribution < -0.4 is 10.2 Å². The van der Waals surface area contributed by atoms with Gasteiger partial charge in [0.2, 0.25) is 5.91 Å². The number of rotatable bonds is 3. The zero-order valence-electron chi connectivity index (χ0n) is 14.6. The minimum Gasteiger partial charge on any atom is -0.351 e.